The largest absolute Gasteiger partial charge is 0.508 e. The first kappa shape index (κ1) is 14.1. The van der Waals surface area contributed by atoms with E-state index in [1.807, 2.05) is 24.3 Å². The van der Waals surface area contributed by atoms with E-state index in [1.54, 1.807) is 31.0 Å². The molecule has 1 amide bonds. The van der Waals surface area contributed by atoms with E-state index in [2.05, 4.69) is 0 Å². The van der Waals surface area contributed by atoms with Gasteiger partial charge in [0, 0.05) is 24.8 Å². The molecule has 0 radical (unpaired) electrons. The van der Waals surface area contributed by atoms with Gasteiger partial charge in [0.05, 0.1) is 0 Å². The van der Waals surface area contributed by atoms with Crippen molar-refractivity contribution in [3.05, 3.63) is 59.2 Å². The molecule has 2 rings (SSSR count). The number of benzene rings is 2. The summed E-state index contributed by atoms with van der Waals surface area (Å²) in [4.78, 5) is 14.0. The summed E-state index contributed by atoms with van der Waals surface area (Å²) in [5, 5.41) is 9.71. The van der Waals surface area contributed by atoms with E-state index in [4.69, 9.17) is 5.73 Å². The number of hydrogen-bond acceptors (Lipinski definition) is 3. The molecule has 104 valence electrons. The summed E-state index contributed by atoms with van der Waals surface area (Å²) >= 11 is 0. The van der Waals surface area contributed by atoms with Crippen LogP contribution in [-0.2, 0) is 6.54 Å². The van der Waals surface area contributed by atoms with E-state index in [9.17, 15) is 9.90 Å². The van der Waals surface area contributed by atoms with Crippen molar-refractivity contribution in [3.8, 4) is 5.75 Å². The molecule has 3 N–H and O–H groups in total. The van der Waals surface area contributed by atoms with E-state index in [0.29, 0.717) is 12.1 Å². The van der Waals surface area contributed by atoms with Gasteiger partial charge in [0.25, 0.3) is 5.91 Å². The maximum atomic E-state index is 12.5. The SMILES string of the molecule is Cc1ccc(C(=O)N(C)c2ccccc2CN)cc1O. The number of phenols is 1. The van der Waals surface area contributed by atoms with Crippen LogP contribution in [0.2, 0.25) is 0 Å². The monoisotopic (exact) mass is 270 g/mol. The third-order valence-corrected chi connectivity index (χ3v) is 3.33. The van der Waals surface area contributed by atoms with Crippen LogP contribution in [0.25, 0.3) is 0 Å². The second-order valence-corrected chi connectivity index (χ2v) is 4.70. The highest BCUT2D eigenvalue weighted by atomic mass is 16.3. The summed E-state index contributed by atoms with van der Waals surface area (Å²) in [6.45, 7) is 2.16. The molecule has 0 bridgehead atoms. The number of rotatable bonds is 3. The van der Waals surface area contributed by atoms with Crippen LogP contribution in [0, 0.1) is 6.92 Å². The van der Waals surface area contributed by atoms with Crippen molar-refractivity contribution >= 4 is 11.6 Å². The van der Waals surface area contributed by atoms with E-state index in [1.165, 1.54) is 6.07 Å². The van der Waals surface area contributed by atoms with Gasteiger partial charge in [0.15, 0.2) is 0 Å². The maximum Gasteiger partial charge on any atom is 0.258 e. The van der Waals surface area contributed by atoms with Gasteiger partial charge in [-0.3, -0.25) is 4.79 Å². The Bertz CT molecular complexity index is 638. The summed E-state index contributed by atoms with van der Waals surface area (Å²) in [6.07, 6.45) is 0. The van der Waals surface area contributed by atoms with Crippen LogP contribution < -0.4 is 10.6 Å². The van der Waals surface area contributed by atoms with Crippen molar-refractivity contribution in [3.63, 3.8) is 0 Å². The molecular formula is C16H18N2O2. The van der Waals surface area contributed by atoms with E-state index in [-0.39, 0.29) is 11.7 Å². The summed E-state index contributed by atoms with van der Waals surface area (Å²) in [5.41, 5.74) is 8.56. The molecule has 4 nitrogen and oxygen atoms in total. The molecule has 0 fully saturated rings. The quantitative estimate of drug-likeness (QED) is 0.900. The Kier molecular flexibility index (Phi) is 4.05. The topological polar surface area (TPSA) is 66.6 Å². The molecule has 0 aliphatic carbocycles. The van der Waals surface area contributed by atoms with Crippen LogP contribution in [-0.4, -0.2) is 18.1 Å². The van der Waals surface area contributed by atoms with Crippen molar-refractivity contribution in [2.24, 2.45) is 5.73 Å². The second kappa shape index (κ2) is 5.75. The van der Waals surface area contributed by atoms with Crippen LogP contribution in [0.4, 0.5) is 5.69 Å². The smallest absolute Gasteiger partial charge is 0.258 e. The van der Waals surface area contributed by atoms with Gasteiger partial charge in [-0.05, 0) is 36.2 Å². The Hall–Kier alpha value is -2.33. The number of anilines is 1. The van der Waals surface area contributed by atoms with Gasteiger partial charge in [-0.1, -0.05) is 24.3 Å². The molecule has 0 atom stereocenters. The number of hydrogen-bond donors (Lipinski definition) is 2. The standard InChI is InChI=1S/C16H18N2O2/c1-11-7-8-12(9-15(11)19)16(20)18(2)14-6-4-3-5-13(14)10-17/h3-9,19H,10,17H2,1-2H3. The first-order valence-electron chi connectivity index (χ1n) is 6.40. The molecule has 0 aromatic heterocycles. The minimum atomic E-state index is -0.179. The van der Waals surface area contributed by atoms with Gasteiger partial charge in [-0.2, -0.15) is 0 Å². The molecule has 0 unspecified atom stereocenters. The Morgan fingerprint density at radius 2 is 1.95 bits per heavy atom. The number of amides is 1. The summed E-state index contributed by atoms with van der Waals surface area (Å²) in [6, 6.07) is 12.4. The number of phenolic OH excluding ortho intramolecular Hbond substituents is 1. The Balaban J connectivity index is 2.34. The van der Waals surface area contributed by atoms with Gasteiger partial charge in [-0.15, -0.1) is 0 Å². The lowest BCUT2D eigenvalue weighted by atomic mass is 10.1. The number of carbonyl (C=O) groups is 1. The number of carbonyl (C=O) groups excluding carboxylic acids is 1. The summed E-state index contributed by atoms with van der Waals surface area (Å²) in [5.74, 6) is -0.0578. The summed E-state index contributed by atoms with van der Waals surface area (Å²) < 4.78 is 0. The van der Waals surface area contributed by atoms with Crippen LogP contribution in [0.1, 0.15) is 21.5 Å². The normalized spacial score (nSPS) is 10.3. The van der Waals surface area contributed by atoms with Gasteiger partial charge in [0.2, 0.25) is 0 Å². The minimum absolute atomic E-state index is 0.122. The number of nitrogens with two attached hydrogens (primary N) is 1. The molecule has 0 saturated heterocycles. The zero-order valence-electron chi connectivity index (χ0n) is 11.6. The molecule has 0 aliphatic rings. The van der Waals surface area contributed by atoms with Crippen molar-refractivity contribution in [1.82, 2.24) is 0 Å². The lowest BCUT2D eigenvalue weighted by Crippen LogP contribution is -2.27. The van der Waals surface area contributed by atoms with E-state index >= 15 is 0 Å². The van der Waals surface area contributed by atoms with Crippen LogP contribution in [0.3, 0.4) is 0 Å². The van der Waals surface area contributed by atoms with Crippen molar-refractivity contribution in [1.29, 1.82) is 0 Å². The molecule has 0 spiro atoms. The fourth-order valence-corrected chi connectivity index (χ4v) is 2.06. The van der Waals surface area contributed by atoms with E-state index < -0.39 is 0 Å². The van der Waals surface area contributed by atoms with Crippen LogP contribution in [0.5, 0.6) is 5.75 Å². The van der Waals surface area contributed by atoms with Crippen molar-refractivity contribution in [2.75, 3.05) is 11.9 Å². The number of nitrogens with zero attached hydrogens (tertiary/aromatic N) is 1. The number of para-hydroxylation sites is 1. The number of aryl methyl sites for hydroxylation is 1. The van der Waals surface area contributed by atoms with Gasteiger partial charge in [-0.25, -0.2) is 0 Å². The van der Waals surface area contributed by atoms with Crippen molar-refractivity contribution in [2.45, 2.75) is 13.5 Å². The Morgan fingerprint density at radius 3 is 2.60 bits per heavy atom. The second-order valence-electron chi connectivity index (χ2n) is 4.70. The van der Waals surface area contributed by atoms with Crippen molar-refractivity contribution < 1.29 is 9.90 Å². The third-order valence-electron chi connectivity index (χ3n) is 3.33. The lowest BCUT2D eigenvalue weighted by molar-refractivity contribution is 0.0992. The van der Waals surface area contributed by atoms with Crippen LogP contribution in [0.15, 0.2) is 42.5 Å². The fraction of sp³-hybridized carbons (Fsp3) is 0.188. The van der Waals surface area contributed by atoms with E-state index in [0.717, 1.165) is 16.8 Å². The first-order valence-corrected chi connectivity index (χ1v) is 6.40. The van der Waals surface area contributed by atoms with Gasteiger partial charge < -0.3 is 15.7 Å². The molecule has 0 aliphatic heterocycles. The molecule has 4 heteroatoms. The van der Waals surface area contributed by atoms with Gasteiger partial charge in [0.1, 0.15) is 5.75 Å². The van der Waals surface area contributed by atoms with Gasteiger partial charge >= 0.3 is 0 Å². The highest BCUT2D eigenvalue weighted by Crippen LogP contribution is 2.23. The highest BCUT2D eigenvalue weighted by Gasteiger charge is 2.16. The molecule has 2 aromatic carbocycles. The predicted octanol–water partition coefficient (Wildman–Crippen LogP) is 2.44. The number of aromatic hydroxyl groups is 1. The zero-order chi connectivity index (χ0) is 14.7. The average molecular weight is 270 g/mol. The predicted molar refractivity (Wildman–Crippen MR) is 79.9 cm³/mol. The highest BCUT2D eigenvalue weighted by molar-refractivity contribution is 6.06. The Morgan fingerprint density at radius 1 is 1.25 bits per heavy atom. The average Bonchev–Trinajstić information content (AvgIpc) is 2.48. The zero-order valence-corrected chi connectivity index (χ0v) is 11.6. The van der Waals surface area contributed by atoms with Crippen LogP contribution >= 0.6 is 0 Å². The molecular weight excluding hydrogens is 252 g/mol. The first-order chi connectivity index (χ1) is 9.54. The lowest BCUT2D eigenvalue weighted by Gasteiger charge is -2.20. The Labute approximate surface area is 118 Å². The molecule has 20 heavy (non-hydrogen) atoms. The summed E-state index contributed by atoms with van der Waals surface area (Å²) in [7, 11) is 1.70. The maximum absolute atomic E-state index is 12.5. The molecule has 2 aromatic rings. The molecule has 0 saturated carbocycles. The minimum Gasteiger partial charge on any atom is -0.508 e. The third kappa shape index (κ3) is 2.65. The molecule has 0 heterocycles. The fourth-order valence-electron chi connectivity index (χ4n) is 2.06.